The molecular weight excluding hydrogens is 250 g/mol. The fourth-order valence-electron chi connectivity index (χ4n) is 2.70. The van der Waals surface area contributed by atoms with Crippen molar-refractivity contribution >= 4 is 5.91 Å². The monoisotopic (exact) mass is 269 g/mol. The summed E-state index contributed by atoms with van der Waals surface area (Å²) in [4.78, 5) is 14.6. The molecular formula is C17H19NO2. The second-order valence-corrected chi connectivity index (χ2v) is 5.26. The Labute approximate surface area is 119 Å². The van der Waals surface area contributed by atoms with Crippen LogP contribution in [-0.2, 0) is 0 Å². The zero-order valence-electron chi connectivity index (χ0n) is 11.5. The maximum atomic E-state index is 12.6. The Balaban J connectivity index is 1.82. The van der Waals surface area contributed by atoms with Gasteiger partial charge in [0.1, 0.15) is 5.76 Å². The highest BCUT2D eigenvalue weighted by molar-refractivity contribution is 5.95. The molecule has 1 aromatic carbocycles. The van der Waals surface area contributed by atoms with Gasteiger partial charge >= 0.3 is 0 Å². The SMILES string of the molecule is O=C(c1cccc(-c2ccco2)c1)N1CCCCCC1. The van der Waals surface area contributed by atoms with Crippen molar-refractivity contribution < 1.29 is 9.21 Å². The number of rotatable bonds is 2. The molecule has 0 radical (unpaired) electrons. The Kier molecular flexibility index (Phi) is 3.86. The molecule has 0 atom stereocenters. The topological polar surface area (TPSA) is 33.5 Å². The van der Waals surface area contributed by atoms with Gasteiger partial charge in [-0.05, 0) is 37.1 Å². The van der Waals surface area contributed by atoms with E-state index in [0.717, 1.165) is 42.8 Å². The summed E-state index contributed by atoms with van der Waals surface area (Å²) in [5.41, 5.74) is 1.71. The molecule has 2 aromatic rings. The minimum absolute atomic E-state index is 0.139. The first-order valence-corrected chi connectivity index (χ1v) is 7.28. The van der Waals surface area contributed by atoms with E-state index in [4.69, 9.17) is 4.42 Å². The molecule has 0 spiro atoms. The molecule has 1 saturated heterocycles. The Morgan fingerprint density at radius 3 is 2.50 bits per heavy atom. The van der Waals surface area contributed by atoms with Crippen LogP contribution in [0.25, 0.3) is 11.3 Å². The van der Waals surface area contributed by atoms with Crippen molar-refractivity contribution in [2.75, 3.05) is 13.1 Å². The summed E-state index contributed by atoms with van der Waals surface area (Å²) in [7, 11) is 0. The second-order valence-electron chi connectivity index (χ2n) is 5.26. The Morgan fingerprint density at radius 2 is 1.80 bits per heavy atom. The molecule has 2 heterocycles. The zero-order chi connectivity index (χ0) is 13.8. The van der Waals surface area contributed by atoms with Gasteiger partial charge in [0, 0.05) is 24.2 Å². The van der Waals surface area contributed by atoms with Crippen molar-refractivity contribution in [2.45, 2.75) is 25.7 Å². The van der Waals surface area contributed by atoms with Gasteiger partial charge in [-0.1, -0.05) is 25.0 Å². The van der Waals surface area contributed by atoms with Gasteiger partial charge in [0.05, 0.1) is 6.26 Å². The first kappa shape index (κ1) is 13.0. The van der Waals surface area contributed by atoms with E-state index in [1.165, 1.54) is 12.8 Å². The number of likely N-dealkylation sites (tertiary alicyclic amines) is 1. The average molecular weight is 269 g/mol. The van der Waals surface area contributed by atoms with Crippen LogP contribution in [0.2, 0.25) is 0 Å². The van der Waals surface area contributed by atoms with Crippen LogP contribution in [-0.4, -0.2) is 23.9 Å². The summed E-state index contributed by atoms with van der Waals surface area (Å²) in [6, 6.07) is 11.5. The van der Waals surface area contributed by atoms with Gasteiger partial charge in [-0.25, -0.2) is 0 Å². The minimum atomic E-state index is 0.139. The van der Waals surface area contributed by atoms with Crippen molar-refractivity contribution in [1.29, 1.82) is 0 Å². The van der Waals surface area contributed by atoms with Crippen LogP contribution in [0.4, 0.5) is 0 Å². The van der Waals surface area contributed by atoms with Gasteiger partial charge in [0.25, 0.3) is 5.91 Å². The molecule has 1 aliphatic rings. The van der Waals surface area contributed by atoms with E-state index in [2.05, 4.69) is 0 Å². The van der Waals surface area contributed by atoms with Crippen LogP contribution in [0.3, 0.4) is 0 Å². The van der Waals surface area contributed by atoms with Crippen molar-refractivity contribution in [3.8, 4) is 11.3 Å². The van der Waals surface area contributed by atoms with Crippen molar-refractivity contribution in [2.24, 2.45) is 0 Å². The second kappa shape index (κ2) is 5.95. The molecule has 1 fully saturated rings. The number of amides is 1. The Bertz CT molecular complexity index is 566. The summed E-state index contributed by atoms with van der Waals surface area (Å²) < 4.78 is 5.39. The van der Waals surface area contributed by atoms with E-state index in [1.54, 1.807) is 6.26 Å². The molecule has 0 bridgehead atoms. The van der Waals surface area contributed by atoms with E-state index < -0.39 is 0 Å². The maximum Gasteiger partial charge on any atom is 0.253 e. The van der Waals surface area contributed by atoms with Crippen LogP contribution in [0.5, 0.6) is 0 Å². The third kappa shape index (κ3) is 2.77. The van der Waals surface area contributed by atoms with E-state index >= 15 is 0 Å². The van der Waals surface area contributed by atoms with Crippen LogP contribution < -0.4 is 0 Å². The van der Waals surface area contributed by atoms with Crippen LogP contribution >= 0.6 is 0 Å². The third-order valence-electron chi connectivity index (χ3n) is 3.81. The standard InChI is InChI=1S/C17H19NO2/c19-17(18-10-3-1-2-4-11-18)15-8-5-7-14(13-15)16-9-6-12-20-16/h5-9,12-13H,1-4,10-11H2. The number of carbonyl (C=O) groups is 1. The average Bonchev–Trinajstić information content (AvgIpc) is 2.89. The molecule has 20 heavy (non-hydrogen) atoms. The highest BCUT2D eigenvalue weighted by Crippen LogP contribution is 2.22. The lowest BCUT2D eigenvalue weighted by atomic mass is 10.1. The number of hydrogen-bond donors (Lipinski definition) is 0. The van der Waals surface area contributed by atoms with Gasteiger partial charge in [0.2, 0.25) is 0 Å². The Morgan fingerprint density at radius 1 is 1.00 bits per heavy atom. The highest BCUT2D eigenvalue weighted by atomic mass is 16.3. The summed E-state index contributed by atoms with van der Waals surface area (Å²) in [5, 5.41) is 0. The number of hydrogen-bond acceptors (Lipinski definition) is 2. The van der Waals surface area contributed by atoms with Crippen molar-refractivity contribution in [3.63, 3.8) is 0 Å². The first-order valence-electron chi connectivity index (χ1n) is 7.28. The minimum Gasteiger partial charge on any atom is -0.464 e. The summed E-state index contributed by atoms with van der Waals surface area (Å²) in [6.45, 7) is 1.76. The molecule has 3 nitrogen and oxygen atoms in total. The molecule has 0 N–H and O–H groups in total. The summed E-state index contributed by atoms with van der Waals surface area (Å²) >= 11 is 0. The quantitative estimate of drug-likeness (QED) is 0.826. The highest BCUT2D eigenvalue weighted by Gasteiger charge is 2.17. The molecule has 1 aromatic heterocycles. The maximum absolute atomic E-state index is 12.6. The van der Waals surface area contributed by atoms with Crippen LogP contribution in [0.1, 0.15) is 36.0 Å². The number of carbonyl (C=O) groups excluding carboxylic acids is 1. The molecule has 0 saturated carbocycles. The molecule has 1 aliphatic heterocycles. The summed E-state index contributed by atoms with van der Waals surface area (Å²) in [6.07, 6.45) is 6.35. The molecule has 1 amide bonds. The summed E-state index contributed by atoms with van der Waals surface area (Å²) in [5.74, 6) is 0.941. The van der Waals surface area contributed by atoms with E-state index in [9.17, 15) is 4.79 Å². The largest absolute Gasteiger partial charge is 0.464 e. The van der Waals surface area contributed by atoms with E-state index in [-0.39, 0.29) is 5.91 Å². The molecule has 104 valence electrons. The zero-order valence-corrected chi connectivity index (χ0v) is 11.5. The van der Waals surface area contributed by atoms with Crippen molar-refractivity contribution in [1.82, 2.24) is 4.90 Å². The predicted octanol–water partition coefficient (Wildman–Crippen LogP) is 3.96. The fourth-order valence-corrected chi connectivity index (χ4v) is 2.70. The lowest BCUT2D eigenvalue weighted by Gasteiger charge is -2.20. The first-order chi connectivity index (χ1) is 9.84. The lowest BCUT2D eigenvalue weighted by molar-refractivity contribution is 0.0761. The van der Waals surface area contributed by atoms with Gasteiger partial charge in [0.15, 0.2) is 0 Å². The van der Waals surface area contributed by atoms with E-state index in [1.807, 2.05) is 41.3 Å². The van der Waals surface area contributed by atoms with Crippen LogP contribution in [0, 0.1) is 0 Å². The smallest absolute Gasteiger partial charge is 0.253 e. The van der Waals surface area contributed by atoms with Gasteiger partial charge in [-0.2, -0.15) is 0 Å². The molecule has 3 heteroatoms. The Hall–Kier alpha value is -2.03. The third-order valence-corrected chi connectivity index (χ3v) is 3.81. The van der Waals surface area contributed by atoms with Gasteiger partial charge in [-0.3, -0.25) is 4.79 Å². The molecule has 0 aliphatic carbocycles. The normalized spacial score (nSPS) is 15.9. The predicted molar refractivity (Wildman–Crippen MR) is 78.5 cm³/mol. The van der Waals surface area contributed by atoms with Gasteiger partial charge in [-0.15, -0.1) is 0 Å². The number of benzene rings is 1. The van der Waals surface area contributed by atoms with Gasteiger partial charge < -0.3 is 9.32 Å². The van der Waals surface area contributed by atoms with E-state index in [0.29, 0.717) is 0 Å². The molecule has 3 rings (SSSR count). The van der Waals surface area contributed by atoms with Crippen LogP contribution in [0.15, 0.2) is 47.1 Å². The molecule has 0 unspecified atom stereocenters. The lowest BCUT2D eigenvalue weighted by Crippen LogP contribution is -2.31. The number of furan rings is 1. The number of nitrogens with zero attached hydrogens (tertiary/aromatic N) is 1. The fraction of sp³-hybridized carbons (Fsp3) is 0.353. The van der Waals surface area contributed by atoms with Crippen molar-refractivity contribution in [3.05, 3.63) is 48.2 Å².